The number of nitriles is 1. The Hall–Kier alpha value is -2.27. The molecule has 32 heavy (non-hydrogen) atoms. The Labute approximate surface area is 189 Å². The van der Waals surface area contributed by atoms with Gasteiger partial charge in [-0.15, -0.1) is 0 Å². The minimum Gasteiger partial charge on any atom is -0.381 e. The smallest absolute Gasteiger partial charge is 0.221 e. The summed E-state index contributed by atoms with van der Waals surface area (Å²) < 4.78 is 48.7. The van der Waals surface area contributed by atoms with Crippen LogP contribution in [0.25, 0.3) is 0 Å². The van der Waals surface area contributed by atoms with E-state index in [1.807, 2.05) is 36.4 Å². The number of ether oxygens (including phenoxy) is 1. The summed E-state index contributed by atoms with van der Waals surface area (Å²) in [4.78, 5) is 0. The van der Waals surface area contributed by atoms with Crippen molar-refractivity contribution in [1.82, 2.24) is 4.31 Å². The summed E-state index contributed by atoms with van der Waals surface area (Å²) in [5.74, 6) is -0.387. The molecule has 2 aliphatic heterocycles. The van der Waals surface area contributed by atoms with Gasteiger partial charge in [0, 0.05) is 43.7 Å². The van der Waals surface area contributed by atoms with E-state index in [4.69, 9.17) is 10.00 Å². The normalized spacial score (nSPS) is 22.8. The molecule has 0 saturated carbocycles. The fourth-order valence-corrected chi connectivity index (χ4v) is 7.05. The molecule has 0 spiro atoms. The fraction of sp³-hybridized carbons (Fsp3) is 0.480. The molecule has 0 N–H and O–H groups in total. The largest absolute Gasteiger partial charge is 0.381 e. The third kappa shape index (κ3) is 4.59. The van der Waals surface area contributed by atoms with Gasteiger partial charge in [0.1, 0.15) is 11.1 Å². The SMILES string of the molecule is N#CCCC1(c2ccc(CN3CCC[C@H](c4ccccc4)S3(=O)=O)c(F)c2)CCOCC1. The number of halogens is 1. The van der Waals surface area contributed by atoms with Crippen molar-refractivity contribution in [3.8, 4) is 6.07 Å². The van der Waals surface area contributed by atoms with Crippen LogP contribution in [0.1, 0.15) is 60.5 Å². The maximum atomic E-state index is 15.2. The lowest BCUT2D eigenvalue weighted by Crippen LogP contribution is -2.39. The van der Waals surface area contributed by atoms with Gasteiger partial charge in [-0.25, -0.2) is 12.8 Å². The lowest BCUT2D eigenvalue weighted by molar-refractivity contribution is 0.0471. The molecule has 0 bridgehead atoms. The second kappa shape index (κ2) is 9.70. The van der Waals surface area contributed by atoms with Crippen molar-refractivity contribution >= 4 is 10.0 Å². The van der Waals surface area contributed by atoms with Crippen LogP contribution in [-0.4, -0.2) is 32.5 Å². The summed E-state index contributed by atoms with van der Waals surface area (Å²) in [6.07, 6.45) is 3.92. The first-order chi connectivity index (χ1) is 15.5. The number of nitrogens with zero attached hydrogens (tertiary/aromatic N) is 2. The molecule has 0 aliphatic carbocycles. The second-order valence-corrected chi connectivity index (χ2v) is 10.9. The summed E-state index contributed by atoms with van der Waals surface area (Å²) in [6, 6.07) is 16.6. The Bertz CT molecular complexity index is 1080. The molecule has 2 heterocycles. The molecular formula is C25H29FN2O3S. The monoisotopic (exact) mass is 456 g/mol. The molecule has 5 nitrogen and oxygen atoms in total. The highest BCUT2D eigenvalue weighted by Crippen LogP contribution is 2.40. The van der Waals surface area contributed by atoms with Gasteiger partial charge in [-0.3, -0.25) is 0 Å². The van der Waals surface area contributed by atoms with E-state index in [0.29, 0.717) is 44.6 Å². The van der Waals surface area contributed by atoms with Crippen LogP contribution in [0.4, 0.5) is 4.39 Å². The first-order valence-corrected chi connectivity index (χ1v) is 12.7. The van der Waals surface area contributed by atoms with Crippen LogP contribution in [0, 0.1) is 17.1 Å². The molecule has 1 atom stereocenters. The number of benzene rings is 2. The van der Waals surface area contributed by atoms with E-state index in [9.17, 15) is 8.42 Å². The number of rotatable bonds is 6. The van der Waals surface area contributed by atoms with Crippen molar-refractivity contribution in [2.24, 2.45) is 0 Å². The molecular weight excluding hydrogens is 427 g/mol. The molecule has 7 heteroatoms. The Kier molecular flexibility index (Phi) is 6.94. The third-order valence-corrected chi connectivity index (χ3v) is 9.20. The zero-order valence-corrected chi connectivity index (χ0v) is 19.0. The molecule has 0 aromatic heterocycles. The van der Waals surface area contributed by atoms with E-state index in [1.54, 1.807) is 12.1 Å². The predicted molar refractivity (Wildman–Crippen MR) is 121 cm³/mol. The second-order valence-electron chi connectivity index (χ2n) is 8.78. The average Bonchev–Trinajstić information content (AvgIpc) is 2.81. The van der Waals surface area contributed by atoms with Gasteiger partial charge in [-0.05, 0) is 49.3 Å². The van der Waals surface area contributed by atoms with Gasteiger partial charge < -0.3 is 4.74 Å². The molecule has 2 saturated heterocycles. The molecule has 0 unspecified atom stereocenters. The van der Waals surface area contributed by atoms with Crippen molar-refractivity contribution in [3.63, 3.8) is 0 Å². The zero-order chi connectivity index (χ0) is 22.6. The van der Waals surface area contributed by atoms with Gasteiger partial charge >= 0.3 is 0 Å². The van der Waals surface area contributed by atoms with Crippen LogP contribution in [0.2, 0.25) is 0 Å². The molecule has 170 valence electrons. The van der Waals surface area contributed by atoms with E-state index in [2.05, 4.69) is 6.07 Å². The van der Waals surface area contributed by atoms with Crippen molar-refractivity contribution in [2.45, 2.75) is 55.7 Å². The predicted octanol–water partition coefficient (Wildman–Crippen LogP) is 4.84. The molecule has 2 aromatic rings. The Morgan fingerprint density at radius 2 is 1.91 bits per heavy atom. The summed E-state index contributed by atoms with van der Waals surface area (Å²) in [5.41, 5.74) is 1.78. The van der Waals surface area contributed by atoms with Gasteiger partial charge in [0.2, 0.25) is 10.0 Å². The quantitative estimate of drug-likeness (QED) is 0.623. The summed E-state index contributed by atoms with van der Waals surface area (Å²) >= 11 is 0. The third-order valence-electron chi connectivity index (χ3n) is 6.94. The maximum Gasteiger partial charge on any atom is 0.221 e. The minimum absolute atomic E-state index is 0.0338. The Morgan fingerprint density at radius 1 is 1.16 bits per heavy atom. The molecule has 4 rings (SSSR count). The van der Waals surface area contributed by atoms with Crippen molar-refractivity contribution in [3.05, 3.63) is 71.0 Å². The van der Waals surface area contributed by atoms with Crippen molar-refractivity contribution < 1.29 is 17.5 Å². The van der Waals surface area contributed by atoms with Crippen LogP contribution in [0.5, 0.6) is 0 Å². The van der Waals surface area contributed by atoms with Crippen molar-refractivity contribution in [1.29, 1.82) is 5.26 Å². The van der Waals surface area contributed by atoms with Crippen LogP contribution >= 0.6 is 0 Å². The number of hydrogen-bond acceptors (Lipinski definition) is 4. The minimum atomic E-state index is -3.57. The number of sulfonamides is 1. The Balaban J connectivity index is 1.56. The van der Waals surface area contributed by atoms with Gasteiger partial charge in [0.15, 0.2) is 0 Å². The molecule has 0 radical (unpaired) electrons. The first-order valence-electron chi connectivity index (χ1n) is 11.2. The topological polar surface area (TPSA) is 70.4 Å². The lowest BCUT2D eigenvalue weighted by Gasteiger charge is -2.37. The molecule has 2 fully saturated rings. The van der Waals surface area contributed by atoms with E-state index < -0.39 is 15.3 Å². The highest BCUT2D eigenvalue weighted by Gasteiger charge is 2.38. The summed E-state index contributed by atoms with van der Waals surface area (Å²) in [6.45, 7) is 1.63. The number of hydrogen-bond donors (Lipinski definition) is 0. The molecule has 0 amide bonds. The molecule has 2 aromatic carbocycles. The van der Waals surface area contributed by atoms with Crippen LogP contribution < -0.4 is 0 Å². The zero-order valence-electron chi connectivity index (χ0n) is 18.2. The van der Waals surface area contributed by atoms with Gasteiger partial charge in [0.05, 0.1) is 6.07 Å². The van der Waals surface area contributed by atoms with Crippen LogP contribution in [0.15, 0.2) is 48.5 Å². The average molecular weight is 457 g/mol. The standard InChI is InChI=1S/C25H29FN2O3S/c26-23-18-22(25(11-5-14-27)12-16-31-17-13-25)10-9-21(23)19-28-15-4-8-24(32(28,29)30)20-6-2-1-3-7-20/h1-3,6-7,9-10,18,24H,4-5,8,11-13,15-17,19H2/t24-/m1/s1. The van der Waals surface area contributed by atoms with Gasteiger partial charge in [-0.1, -0.05) is 42.5 Å². The van der Waals surface area contributed by atoms with E-state index in [1.165, 1.54) is 4.31 Å². The molecule has 2 aliphatic rings. The van der Waals surface area contributed by atoms with Crippen LogP contribution in [-0.2, 0) is 26.7 Å². The van der Waals surface area contributed by atoms with E-state index >= 15 is 4.39 Å². The summed E-state index contributed by atoms with van der Waals surface area (Å²) in [7, 11) is -3.57. The lowest BCUT2D eigenvalue weighted by atomic mass is 9.71. The van der Waals surface area contributed by atoms with Gasteiger partial charge in [0.25, 0.3) is 0 Å². The fourth-order valence-electron chi connectivity index (χ4n) is 5.02. The van der Waals surface area contributed by atoms with E-state index in [-0.39, 0.29) is 17.8 Å². The van der Waals surface area contributed by atoms with Gasteiger partial charge in [-0.2, -0.15) is 9.57 Å². The highest BCUT2D eigenvalue weighted by atomic mass is 32.2. The first kappa shape index (κ1) is 22.9. The highest BCUT2D eigenvalue weighted by molar-refractivity contribution is 7.89. The van der Waals surface area contributed by atoms with Crippen LogP contribution in [0.3, 0.4) is 0 Å². The maximum absolute atomic E-state index is 15.2. The van der Waals surface area contributed by atoms with Crippen molar-refractivity contribution in [2.75, 3.05) is 19.8 Å². The summed E-state index contributed by atoms with van der Waals surface area (Å²) in [5, 5.41) is 8.49. The van der Waals surface area contributed by atoms with E-state index in [0.717, 1.165) is 30.4 Å². The Morgan fingerprint density at radius 3 is 2.59 bits per heavy atom.